The van der Waals surface area contributed by atoms with Crippen molar-refractivity contribution in [3.8, 4) is 6.07 Å². The van der Waals surface area contributed by atoms with Gasteiger partial charge in [0.1, 0.15) is 21.5 Å². The van der Waals surface area contributed by atoms with Crippen LogP contribution in [0.3, 0.4) is 0 Å². The summed E-state index contributed by atoms with van der Waals surface area (Å²) in [7, 11) is -3.94. The number of aromatic carboxylic acids is 1. The molecule has 0 aliphatic rings. The maximum atomic E-state index is 12.1. The average molecular weight is 309 g/mol. The Kier molecular flexibility index (Phi) is 3.69. The minimum Gasteiger partial charge on any atom is -0.477 e. The fourth-order valence-electron chi connectivity index (χ4n) is 1.36. The maximum Gasteiger partial charge on any atom is 0.348 e. The molecule has 0 amide bonds. The molecule has 2 aromatic heterocycles. The molecule has 2 N–H and O–H groups in total. The fraction of sp³-hybridized carbons (Fsp3) is 0. The zero-order valence-corrected chi connectivity index (χ0v) is 11.4. The Morgan fingerprint density at radius 1 is 1.40 bits per heavy atom. The van der Waals surface area contributed by atoms with Crippen molar-refractivity contribution >= 4 is 33.0 Å². The number of pyridine rings is 1. The number of sulfonamides is 1. The maximum absolute atomic E-state index is 12.1. The number of hydrogen-bond donors (Lipinski definition) is 2. The van der Waals surface area contributed by atoms with Crippen molar-refractivity contribution in [2.75, 3.05) is 4.72 Å². The molecule has 7 nitrogen and oxygen atoms in total. The van der Waals surface area contributed by atoms with Gasteiger partial charge in [0.05, 0.1) is 5.69 Å². The van der Waals surface area contributed by atoms with E-state index in [0.29, 0.717) is 0 Å². The van der Waals surface area contributed by atoms with E-state index in [1.165, 1.54) is 23.6 Å². The Labute approximate surface area is 118 Å². The van der Waals surface area contributed by atoms with E-state index < -0.39 is 16.0 Å². The zero-order chi connectivity index (χ0) is 14.8. The van der Waals surface area contributed by atoms with Gasteiger partial charge in [-0.25, -0.2) is 18.2 Å². The molecular formula is C11H7N3O4S2. The van der Waals surface area contributed by atoms with E-state index in [1.54, 1.807) is 6.07 Å². The lowest BCUT2D eigenvalue weighted by Crippen LogP contribution is -2.14. The van der Waals surface area contributed by atoms with E-state index in [0.717, 1.165) is 17.5 Å². The Bertz CT molecular complexity index is 788. The van der Waals surface area contributed by atoms with Crippen LogP contribution in [0.4, 0.5) is 5.69 Å². The Morgan fingerprint density at radius 2 is 2.15 bits per heavy atom. The lowest BCUT2D eigenvalue weighted by atomic mass is 10.4. The number of rotatable bonds is 4. The third kappa shape index (κ3) is 2.76. The number of aromatic nitrogens is 1. The van der Waals surface area contributed by atoms with Gasteiger partial charge in [0.15, 0.2) is 0 Å². The molecule has 2 rings (SSSR count). The van der Waals surface area contributed by atoms with E-state index >= 15 is 0 Å². The minimum absolute atomic E-state index is 0.00754. The third-order valence-corrected chi connectivity index (χ3v) is 4.52. The number of carboxylic acid groups (broad SMARTS) is 1. The zero-order valence-electron chi connectivity index (χ0n) is 9.77. The summed E-state index contributed by atoms with van der Waals surface area (Å²) in [6.45, 7) is 0. The van der Waals surface area contributed by atoms with E-state index in [9.17, 15) is 13.2 Å². The molecule has 0 unspecified atom stereocenters. The Morgan fingerprint density at radius 3 is 2.70 bits per heavy atom. The second kappa shape index (κ2) is 5.28. The van der Waals surface area contributed by atoms with Crippen LogP contribution in [0.1, 0.15) is 15.4 Å². The van der Waals surface area contributed by atoms with Crippen LogP contribution in [0, 0.1) is 11.3 Å². The molecule has 0 aliphatic heterocycles. The van der Waals surface area contributed by atoms with Crippen LogP contribution >= 0.6 is 11.3 Å². The average Bonchev–Trinajstić information content (AvgIpc) is 2.86. The van der Waals surface area contributed by atoms with Gasteiger partial charge < -0.3 is 5.11 Å². The van der Waals surface area contributed by atoms with Crippen LogP contribution in [-0.2, 0) is 10.0 Å². The smallest absolute Gasteiger partial charge is 0.348 e. The molecule has 0 saturated heterocycles. The van der Waals surface area contributed by atoms with Gasteiger partial charge in [-0.1, -0.05) is 0 Å². The first-order valence-electron chi connectivity index (χ1n) is 5.14. The summed E-state index contributed by atoms with van der Waals surface area (Å²) in [6.07, 6.45) is 1.04. The van der Waals surface area contributed by atoms with Crippen molar-refractivity contribution in [2.45, 2.75) is 4.90 Å². The van der Waals surface area contributed by atoms with Crippen molar-refractivity contribution in [2.24, 2.45) is 0 Å². The number of carbonyl (C=O) groups is 1. The number of nitrogens with zero attached hydrogens (tertiary/aromatic N) is 2. The van der Waals surface area contributed by atoms with Gasteiger partial charge in [-0.2, -0.15) is 5.26 Å². The van der Waals surface area contributed by atoms with Gasteiger partial charge in [-0.05, 0) is 23.6 Å². The van der Waals surface area contributed by atoms with Gasteiger partial charge in [-0.3, -0.25) is 4.72 Å². The van der Waals surface area contributed by atoms with Crippen molar-refractivity contribution in [3.63, 3.8) is 0 Å². The predicted octanol–water partition coefficient (Wildman–Crippen LogP) is 1.51. The summed E-state index contributed by atoms with van der Waals surface area (Å²) in [5.74, 6) is -1.21. The molecule has 20 heavy (non-hydrogen) atoms. The number of nitriles is 1. The van der Waals surface area contributed by atoms with E-state index in [-0.39, 0.29) is 21.2 Å². The van der Waals surface area contributed by atoms with E-state index in [4.69, 9.17) is 10.4 Å². The standard InChI is InChI=1S/C11H7N3O4S2/c12-5-7-1-2-8(6-13-7)20(17,18)14-9-3-4-19-10(9)11(15)16/h1-4,6,14H,(H,15,16). The highest BCUT2D eigenvalue weighted by Crippen LogP contribution is 2.24. The van der Waals surface area contributed by atoms with Crippen LogP contribution < -0.4 is 4.72 Å². The summed E-state index contributed by atoms with van der Waals surface area (Å²) < 4.78 is 26.3. The van der Waals surface area contributed by atoms with Crippen LogP contribution in [0.15, 0.2) is 34.7 Å². The normalized spacial score (nSPS) is 10.8. The molecule has 0 saturated carbocycles. The number of carboxylic acids is 1. The first-order valence-corrected chi connectivity index (χ1v) is 7.50. The summed E-state index contributed by atoms with van der Waals surface area (Å²) >= 11 is 0.914. The number of thiophene rings is 1. The Hall–Kier alpha value is -2.44. The first kappa shape index (κ1) is 14.0. The molecular weight excluding hydrogens is 302 g/mol. The van der Waals surface area contributed by atoms with Crippen molar-refractivity contribution in [3.05, 3.63) is 40.3 Å². The van der Waals surface area contributed by atoms with Crippen LogP contribution in [0.5, 0.6) is 0 Å². The summed E-state index contributed by atoms with van der Waals surface area (Å²) in [6, 6.07) is 5.62. The molecule has 0 radical (unpaired) electrons. The summed E-state index contributed by atoms with van der Waals surface area (Å²) in [5.41, 5.74) is 0.0811. The van der Waals surface area contributed by atoms with E-state index in [1.807, 2.05) is 0 Å². The van der Waals surface area contributed by atoms with Gasteiger partial charge in [0, 0.05) is 6.20 Å². The summed E-state index contributed by atoms with van der Waals surface area (Å²) in [4.78, 5) is 14.3. The minimum atomic E-state index is -3.94. The largest absolute Gasteiger partial charge is 0.477 e. The molecule has 0 aliphatic carbocycles. The highest BCUT2D eigenvalue weighted by atomic mass is 32.2. The topological polar surface area (TPSA) is 120 Å². The monoisotopic (exact) mass is 309 g/mol. The Balaban J connectivity index is 2.33. The van der Waals surface area contributed by atoms with Gasteiger partial charge in [0.2, 0.25) is 0 Å². The van der Waals surface area contributed by atoms with Crippen molar-refractivity contribution in [1.29, 1.82) is 5.26 Å². The van der Waals surface area contributed by atoms with Crippen LogP contribution in [-0.4, -0.2) is 24.5 Å². The highest BCUT2D eigenvalue weighted by molar-refractivity contribution is 7.92. The summed E-state index contributed by atoms with van der Waals surface area (Å²) in [5, 5.41) is 19.0. The number of nitrogens with one attached hydrogen (secondary N) is 1. The molecule has 9 heteroatoms. The number of hydrogen-bond acceptors (Lipinski definition) is 6. The molecule has 102 valence electrons. The third-order valence-electron chi connectivity index (χ3n) is 2.26. The lowest BCUT2D eigenvalue weighted by Gasteiger charge is -2.07. The van der Waals surface area contributed by atoms with Crippen molar-refractivity contribution < 1.29 is 18.3 Å². The lowest BCUT2D eigenvalue weighted by molar-refractivity contribution is 0.0703. The number of anilines is 1. The second-order valence-corrected chi connectivity index (χ2v) is 6.16. The molecule has 2 heterocycles. The first-order chi connectivity index (χ1) is 9.44. The van der Waals surface area contributed by atoms with Crippen molar-refractivity contribution in [1.82, 2.24) is 4.98 Å². The molecule has 0 aromatic carbocycles. The van der Waals surface area contributed by atoms with Crippen LogP contribution in [0.2, 0.25) is 0 Å². The van der Waals surface area contributed by atoms with Crippen LogP contribution in [0.25, 0.3) is 0 Å². The highest BCUT2D eigenvalue weighted by Gasteiger charge is 2.19. The SMILES string of the molecule is N#Cc1ccc(S(=O)(=O)Nc2ccsc2C(=O)O)cn1. The fourth-order valence-corrected chi connectivity index (χ4v) is 3.13. The molecule has 2 aromatic rings. The van der Waals surface area contributed by atoms with E-state index in [2.05, 4.69) is 9.71 Å². The van der Waals surface area contributed by atoms with Gasteiger partial charge in [-0.15, -0.1) is 11.3 Å². The molecule has 0 fully saturated rings. The van der Waals surface area contributed by atoms with Gasteiger partial charge in [0.25, 0.3) is 10.0 Å². The second-order valence-electron chi connectivity index (χ2n) is 3.56. The quantitative estimate of drug-likeness (QED) is 0.883. The van der Waals surface area contributed by atoms with Gasteiger partial charge >= 0.3 is 5.97 Å². The molecule has 0 atom stereocenters. The molecule has 0 spiro atoms. The molecule has 0 bridgehead atoms. The predicted molar refractivity (Wildman–Crippen MR) is 71.0 cm³/mol.